The molecule has 3 aromatic rings. The number of rotatable bonds is 14. The Labute approximate surface area is 395 Å². The molecule has 6 fully saturated rings. The number of hydrogen-bond acceptors (Lipinski definition) is 12. The molecular weight excluding hydrogens is 873 g/mol. The van der Waals surface area contributed by atoms with Crippen LogP contribution in [0.2, 0.25) is 0 Å². The Hall–Kier alpha value is -5.92. The summed E-state index contributed by atoms with van der Waals surface area (Å²) in [4.78, 5) is 70.5. The normalized spacial score (nSPS) is 24.2. The monoisotopic (exact) mass is 936 g/mol. The molecule has 4 amide bonds. The molecule has 0 radical (unpaired) electrons. The Kier molecular flexibility index (Phi) is 12.3. The maximum Gasteiger partial charge on any atom is 0.275 e. The number of carbonyl (C=O) groups is 4. The highest BCUT2D eigenvalue weighted by Gasteiger charge is 2.59. The lowest BCUT2D eigenvalue weighted by molar-refractivity contribution is -0.193. The Morgan fingerprint density at radius 2 is 1.74 bits per heavy atom. The molecule has 10 rings (SSSR count). The van der Waals surface area contributed by atoms with Crippen LogP contribution in [0.1, 0.15) is 72.4 Å². The van der Waals surface area contributed by atoms with Gasteiger partial charge in [0.15, 0.2) is 5.82 Å². The topological polar surface area (TPSA) is 180 Å². The highest BCUT2D eigenvalue weighted by atomic mass is 19.3. The molecule has 17 nitrogen and oxygen atoms in total. The van der Waals surface area contributed by atoms with Crippen molar-refractivity contribution in [2.45, 2.75) is 88.0 Å². The van der Waals surface area contributed by atoms with E-state index in [1.807, 2.05) is 63.0 Å². The maximum atomic E-state index is 16.1. The lowest BCUT2D eigenvalue weighted by Gasteiger charge is -2.64. The summed E-state index contributed by atoms with van der Waals surface area (Å²) in [7, 11) is 5.27. The standard InChI is InChI=1S/C49H63F2N13O4/c1-53-36(45-54-25-37(56-45)46(67)55-32-7-8-32)22-43(52)64-16-13-35-31(5-4-6-38(35)64)26-60-15-14-42(49(50,51)29-60)63-27-48(28-63)23-34(24-48)62-19-17-61(18-20-62)33-9-10-39(41(21-33)58(2)30-65)59(3)40-11-12-44(66)57-47(40)68/h4-6,9-10,21-22,25,30,32,34,40,42,52-53H,7-8,11-20,23-24,26-29H2,1-3H3,(H,54,56)(H,55,67)(H,57,66,68)/b36-22+,52-43?. The Morgan fingerprint density at radius 3 is 2.44 bits per heavy atom. The molecular formula is C49H63F2N13O4. The number of amides is 4. The highest BCUT2D eigenvalue weighted by molar-refractivity contribution is 6.08. The van der Waals surface area contributed by atoms with Gasteiger partial charge >= 0.3 is 0 Å². The first-order chi connectivity index (χ1) is 32.7. The third-order valence-electron chi connectivity index (χ3n) is 15.6. The van der Waals surface area contributed by atoms with Crippen LogP contribution in [0.5, 0.6) is 0 Å². The molecule has 7 aliphatic rings. The van der Waals surface area contributed by atoms with Crippen LogP contribution in [0.15, 0.2) is 48.7 Å². The number of halogens is 2. The molecule has 0 bridgehead atoms. The predicted molar refractivity (Wildman–Crippen MR) is 256 cm³/mol. The number of fused-ring (bicyclic) bond motifs is 1. The highest BCUT2D eigenvalue weighted by Crippen LogP contribution is 2.53. The van der Waals surface area contributed by atoms with E-state index in [9.17, 15) is 19.2 Å². The fourth-order valence-corrected chi connectivity index (χ4v) is 11.7. The quantitative estimate of drug-likeness (QED) is 0.0692. The summed E-state index contributed by atoms with van der Waals surface area (Å²) in [5, 5.41) is 17.5. The van der Waals surface area contributed by atoms with Crippen LogP contribution in [-0.4, -0.2) is 165 Å². The number of likely N-dealkylation sites (N-methyl/N-ethyl adjacent to an activating group) is 1. The zero-order chi connectivity index (χ0) is 47.5. The van der Waals surface area contributed by atoms with Crippen LogP contribution in [0.3, 0.4) is 0 Å². The average molecular weight is 936 g/mol. The molecule has 1 spiro atoms. The summed E-state index contributed by atoms with van der Waals surface area (Å²) in [5.74, 6) is -2.89. The van der Waals surface area contributed by atoms with Gasteiger partial charge in [0.2, 0.25) is 18.2 Å². The van der Waals surface area contributed by atoms with Crippen molar-refractivity contribution in [3.05, 3.63) is 71.3 Å². The SMILES string of the molecule is CN/C(=C/C(=N)N1CCc2c(CN3CCC(N4CC5(CC(N6CCN(c7ccc(N(C)C8CCC(=O)NC8=O)c(N(C)C=O)c7)CC6)C5)C4)C(F)(F)C3)cccc21)c1ncc(C(=O)NC2CC2)[nH]1. The Morgan fingerprint density at radius 1 is 0.956 bits per heavy atom. The lowest BCUT2D eigenvalue weighted by atomic mass is 9.59. The first kappa shape index (κ1) is 45.8. The molecule has 2 aromatic carbocycles. The van der Waals surface area contributed by atoms with Gasteiger partial charge in [0.25, 0.3) is 11.8 Å². The van der Waals surface area contributed by atoms with E-state index >= 15 is 8.78 Å². The van der Waals surface area contributed by atoms with E-state index in [0.29, 0.717) is 67.8 Å². The summed E-state index contributed by atoms with van der Waals surface area (Å²) in [5.41, 5.74) is 6.53. The second-order valence-corrected chi connectivity index (χ2v) is 20.1. The van der Waals surface area contributed by atoms with Crippen LogP contribution in [-0.2, 0) is 27.3 Å². The minimum atomic E-state index is -2.83. The molecule has 5 aliphatic heterocycles. The smallest absolute Gasteiger partial charge is 0.275 e. The number of H-pyrrole nitrogens is 1. The molecule has 2 unspecified atom stereocenters. The van der Waals surface area contributed by atoms with Gasteiger partial charge < -0.3 is 35.2 Å². The van der Waals surface area contributed by atoms with Crippen LogP contribution >= 0.6 is 0 Å². The number of amidine groups is 1. The first-order valence-electron chi connectivity index (χ1n) is 24.2. The van der Waals surface area contributed by atoms with Gasteiger partial charge in [-0.3, -0.25) is 44.6 Å². The van der Waals surface area contributed by atoms with E-state index in [4.69, 9.17) is 5.41 Å². The number of likely N-dealkylation sites (tertiary alicyclic amines) is 2. The number of hydrogen-bond donors (Lipinski definition) is 5. The van der Waals surface area contributed by atoms with Crippen molar-refractivity contribution in [3.8, 4) is 0 Å². The first-order valence-corrected chi connectivity index (χ1v) is 24.2. The number of alkyl halides is 2. The number of nitrogens with one attached hydrogen (secondary N) is 5. The van der Waals surface area contributed by atoms with Crippen molar-refractivity contribution in [1.82, 2.24) is 40.6 Å². The van der Waals surface area contributed by atoms with Gasteiger partial charge in [0, 0.05) is 116 Å². The summed E-state index contributed by atoms with van der Waals surface area (Å²) < 4.78 is 32.2. The van der Waals surface area contributed by atoms with Crippen LogP contribution in [0, 0.1) is 10.8 Å². The van der Waals surface area contributed by atoms with Crippen LogP contribution in [0.25, 0.3) is 5.70 Å². The van der Waals surface area contributed by atoms with Gasteiger partial charge in [-0.2, -0.15) is 0 Å². The van der Waals surface area contributed by atoms with Crippen molar-refractivity contribution in [3.63, 3.8) is 0 Å². The fraction of sp³-hybridized carbons (Fsp3) is 0.551. The molecule has 5 N–H and O–H groups in total. The number of benzene rings is 2. The Bertz CT molecular complexity index is 2490. The molecule has 4 saturated heterocycles. The average Bonchev–Trinajstić information content (AvgIpc) is 3.77. The van der Waals surface area contributed by atoms with E-state index in [-0.39, 0.29) is 48.0 Å². The van der Waals surface area contributed by atoms with Crippen molar-refractivity contribution in [2.75, 3.05) is 99.6 Å². The van der Waals surface area contributed by atoms with Gasteiger partial charge in [-0.25, -0.2) is 13.8 Å². The van der Waals surface area contributed by atoms with E-state index in [2.05, 4.69) is 35.7 Å². The van der Waals surface area contributed by atoms with Crippen molar-refractivity contribution >= 4 is 58.4 Å². The molecule has 2 aliphatic carbocycles. The number of aromatic amines is 1. The van der Waals surface area contributed by atoms with E-state index in [0.717, 1.165) is 99.6 Å². The lowest BCUT2D eigenvalue weighted by Crippen LogP contribution is -2.72. The number of piperazine rings is 1. The third-order valence-corrected chi connectivity index (χ3v) is 15.6. The zero-order valence-electron chi connectivity index (χ0n) is 39.2. The maximum absolute atomic E-state index is 16.1. The van der Waals surface area contributed by atoms with Crippen molar-refractivity contribution in [1.29, 1.82) is 5.41 Å². The van der Waals surface area contributed by atoms with E-state index < -0.39 is 18.0 Å². The zero-order valence-corrected chi connectivity index (χ0v) is 39.2. The van der Waals surface area contributed by atoms with Gasteiger partial charge in [-0.15, -0.1) is 0 Å². The van der Waals surface area contributed by atoms with Crippen molar-refractivity contribution < 1.29 is 28.0 Å². The molecule has 6 heterocycles. The molecule has 2 atom stereocenters. The van der Waals surface area contributed by atoms with Gasteiger partial charge in [0.1, 0.15) is 17.6 Å². The molecule has 2 saturated carbocycles. The minimum Gasteiger partial charge on any atom is -0.385 e. The second kappa shape index (κ2) is 18.2. The van der Waals surface area contributed by atoms with E-state index in [1.165, 1.54) is 11.1 Å². The van der Waals surface area contributed by atoms with E-state index in [1.54, 1.807) is 20.2 Å². The summed E-state index contributed by atoms with van der Waals surface area (Å²) in [6, 6.07) is 11.4. The number of carbonyl (C=O) groups excluding carboxylic acids is 4. The number of imide groups is 1. The minimum absolute atomic E-state index is 0.119. The van der Waals surface area contributed by atoms with Crippen LogP contribution < -0.4 is 35.6 Å². The fourth-order valence-electron chi connectivity index (χ4n) is 11.7. The summed E-state index contributed by atoms with van der Waals surface area (Å²) in [6.45, 7) is 6.26. The number of imidazole rings is 1. The number of aromatic nitrogens is 2. The molecule has 362 valence electrons. The number of piperidine rings is 2. The van der Waals surface area contributed by atoms with Gasteiger partial charge in [-0.1, -0.05) is 12.1 Å². The summed E-state index contributed by atoms with van der Waals surface area (Å²) >= 11 is 0. The van der Waals surface area contributed by atoms with Gasteiger partial charge in [0.05, 0.1) is 35.9 Å². The molecule has 19 heteroatoms. The molecule has 1 aromatic heterocycles. The molecule has 68 heavy (non-hydrogen) atoms. The number of nitrogens with zero attached hydrogens (tertiary/aromatic N) is 8. The van der Waals surface area contributed by atoms with Crippen molar-refractivity contribution in [2.24, 2.45) is 5.41 Å². The van der Waals surface area contributed by atoms with Crippen LogP contribution in [0.4, 0.5) is 31.5 Å². The summed E-state index contributed by atoms with van der Waals surface area (Å²) in [6.07, 6.45) is 9.83. The van der Waals surface area contributed by atoms with Gasteiger partial charge in [-0.05, 0) is 85.8 Å². The predicted octanol–water partition coefficient (Wildman–Crippen LogP) is 3.23. The largest absolute Gasteiger partial charge is 0.385 e. The third kappa shape index (κ3) is 8.95. The second-order valence-electron chi connectivity index (χ2n) is 20.1. The number of anilines is 4. The Balaban J connectivity index is 0.692.